The molecule has 4 aromatic rings. The number of amides is 3. The van der Waals surface area contributed by atoms with E-state index in [2.05, 4.69) is 20.5 Å². The Hall–Kier alpha value is -4.89. The van der Waals surface area contributed by atoms with Crippen molar-refractivity contribution in [2.24, 2.45) is 0 Å². The number of hydrogen-bond acceptors (Lipinski definition) is 6. The second-order valence-corrected chi connectivity index (χ2v) is 8.50. The number of hydrogen-bond donors (Lipinski definition) is 4. The third kappa shape index (κ3) is 5.52. The van der Waals surface area contributed by atoms with Crippen molar-refractivity contribution in [3.8, 4) is 16.9 Å². The molecule has 0 atom stereocenters. The molecule has 37 heavy (non-hydrogen) atoms. The largest absolute Gasteiger partial charge is 0.487 e. The summed E-state index contributed by atoms with van der Waals surface area (Å²) in [5, 5.41) is 14.7. The number of rotatable bonds is 7. The molecular weight excluding hydrogens is 470 g/mol. The average molecular weight is 496 g/mol. The number of nitrogens with one attached hydrogen (secondary N) is 3. The Morgan fingerprint density at radius 2 is 1.62 bits per heavy atom. The lowest BCUT2D eigenvalue weighted by molar-refractivity contribution is 0.0707. The molecule has 3 amide bonds. The molecule has 0 aliphatic carbocycles. The fraction of sp³-hybridized carbons (Fsp3) is 0.107. The number of benzene rings is 3. The molecule has 1 aromatic heterocycles. The molecule has 0 unspecified atom stereocenters. The molecule has 9 heteroatoms. The molecule has 0 radical (unpaired) electrons. The fourth-order valence-corrected chi connectivity index (χ4v) is 4.21. The van der Waals surface area contributed by atoms with E-state index in [1.807, 2.05) is 48.5 Å². The number of pyridine rings is 1. The summed E-state index contributed by atoms with van der Waals surface area (Å²) >= 11 is 0. The minimum atomic E-state index is -0.558. The monoisotopic (exact) mass is 495 g/mol. The molecular formula is C28H25N5O4. The predicted octanol–water partition coefficient (Wildman–Crippen LogP) is 4.78. The van der Waals surface area contributed by atoms with Gasteiger partial charge in [0.15, 0.2) is 0 Å². The first-order chi connectivity index (χ1) is 18.1. The zero-order valence-electron chi connectivity index (χ0n) is 19.8. The Kier molecular flexibility index (Phi) is 6.95. The second-order valence-electron chi connectivity index (χ2n) is 8.50. The van der Waals surface area contributed by atoms with Crippen LogP contribution < -0.4 is 25.8 Å². The highest BCUT2D eigenvalue weighted by Gasteiger charge is 2.31. The van der Waals surface area contributed by atoms with Gasteiger partial charge in [0.2, 0.25) is 0 Å². The van der Waals surface area contributed by atoms with Gasteiger partial charge in [-0.05, 0) is 54.1 Å². The zero-order valence-corrected chi connectivity index (χ0v) is 19.8. The number of ether oxygens (including phenoxy) is 1. The van der Waals surface area contributed by atoms with Crippen LogP contribution in [-0.2, 0) is 0 Å². The third-order valence-electron chi connectivity index (χ3n) is 5.97. The lowest BCUT2D eigenvalue weighted by atomic mass is 9.95. The van der Waals surface area contributed by atoms with Gasteiger partial charge in [0.05, 0.1) is 30.5 Å². The molecule has 5 rings (SSSR count). The summed E-state index contributed by atoms with van der Waals surface area (Å²) in [7, 11) is 0. The lowest BCUT2D eigenvalue weighted by Gasteiger charge is -2.42. The maximum Gasteiger partial charge on any atom is 0.323 e. The highest BCUT2D eigenvalue weighted by Crippen LogP contribution is 2.37. The molecule has 9 nitrogen and oxygen atoms in total. The van der Waals surface area contributed by atoms with Crippen molar-refractivity contribution in [1.82, 2.24) is 10.5 Å². The summed E-state index contributed by atoms with van der Waals surface area (Å²) in [6, 6.07) is 25.4. The molecule has 1 aliphatic heterocycles. The van der Waals surface area contributed by atoms with Gasteiger partial charge in [-0.25, -0.2) is 10.3 Å². The van der Waals surface area contributed by atoms with Crippen LogP contribution in [0.5, 0.6) is 5.75 Å². The predicted molar refractivity (Wildman–Crippen MR) is 141 cm³/mol. The Morgan fingerprint density at radius 1 is 0.865 bits per heavy atom. The minimum absolute atomic E-state index is 0.0355. The first-order valence-corrected chi connectivity index (χ1v) is 11.7. The first-order valence-electron chi connectivity index (χ1n) is 11.7. The fourth-order valence-electron chi connectivity index (χ4n) is 4.21. The van der Waals surface area contributed by atoms with Gasteiger partial charge in [-0.1, -0.05) is 36.4 Å². The number of aromatic nitrogens is 1. The van der Waals surface area contributed by atoms with Crippen LogP contribution in [0.15, 0.2) is 97.3 Å². The molecule has 0 bridgehead atoms. The first kappa shape index (κ1) is 23.8. The van der Waals surface area contributed by atoms with Crippen LogP contribution in [0.2, 0.25) is 0 Å². The van der Waals surface area contributed by atoms with Gasteiger partial charge in [0, 0.05) is 23.1 Å². The van der Waals surface area contributed by atoms with Crippen molar-refractivity contribution in [1.29, 1.82) is 0 Å². The molecule has 3 aromatic carbocycles. The van der Waals surface area contributed by atoms with Gasteiger partial charge in [0.25, 0.3) is 5.91 Å². The van der Waals surface area contributed by atoms with Gasteiger partial charge in [0.1, 0.15) is 11.9 Å². The topological polar surface area (TPSA) is 116 Å². The Morgan fingerprint density at radius 3 is 2.32 bits per heavy atom. The smallest absolute Gasteiger partial charge is 0.323 e. The van der Waals surface area contributed by atoms with Gasteiger partial charge in [-0.3, -0.25) is 15.0 Å². The van der Waals surface area contributed by atoms with E-state index in [1.54, 1.807) is 54.3 Å². The molecule has 0 spiro atoms. The maximum atomic E-state index is 12.3. The van der Waals surface area contributed by atoms with Crippen molar-refractivity contribution in [2.45, 2.75) is 6.10 Å². The zero-order chi connectivity index (χ0) is 25.6. The van der Waals surface area contributed by atoms with Crippen LogP contribution in [0.3, 0.4) is 0 Å². The summed E-state index contributed by atoms with van der Waals surface area (Å²) in [5.41, 5.74) is 5.92. The molecule has 1 aliphatic rings. The normalized spacial score (nSPS) is 12.8. The maximum absolute atomic E-state index is 12.3. The van der Waals surface area contributed by atoms with E-state index in [0.717, 1.165) is 16.8 Å². The standard InChI is InChI=1S/C28H25N5O4/c34-27(32-36)24-9-4-10-25(26(24)19-6-2-1-3-7-19)33-17-23(18-33)37-22-13-11-20(12-14-22)30-28(35)31-21-8-5-15-29-16-21/h1-16,23,36H,17-18H2,(H,32,34)(H2,30,31,35). The van der Waals surface area contributed by atoms with Crippen molar-refractivity contribution in [3.63, 3.8) is 0 Å². The number of nitrogens with zero attached hydrogens (tertiary/aromatic N) is 2. The van der Waals surface area contributed by atoms with Crippen LogP contribution in [0.25, 0.3) is 11.1 Å². The molecule has 4 N–H and O–H groups in total. The highest BCUT2D eigenvalue weighted by atomic mass is 16.5. The van der Waals surface area contributed by atoms with Gasteiger partial charge in [-0.15, -0.1) is 0 Å². The molecule has 186 valence electrons. The Balaban J connectivity index is 1.21. The van der Waals surface area contributed by atoms with E-state index < -0.39 is 5.91 Å². The van der Waals surface area contributed by atoms with E-state index in [1.165, 1.54) is 0 Å². The molecule has 2 heterocycles. The van der Waals surface area contributed by atoms with Crippen LogP contribution in [0, 0.1) is 0 Å². The summed E-state index contributed by atoms with van der Waals surface area (Å²) in [6.45, 7) is 1.27. The Labute approximate surface area is 213 Å². The van der Waals surface area contributed by atoms with Gasteiger partial charge in [-0.2, -0.15) is 0 Å². The summed E-state index contributed by atoms with van der Waals surface area (Å²) in [5.74, 6) is 0.136. The van der Waals surface area contributed by atoms with Crippen LogP contribution in [0.1, 0.15) is 10.4 Å². The van der Waals surface area contributed by atoms with Crippen molar-refractivity contribution >= 4 is 29.0 Å². The summed E-state index contributed by atoms with van der Waals surface area (Å²) in [6.07, 6.45) is 3.17. The third-order valence-corrected chi connectivity index (χ3v) is 5.97. The number of carbonyl (C=O) groups is 2. The number of carbonyl (C=O) groups excluding carboxylic acids is 2. The molecule has 1 saturated heterocycles. The average Bonchev–Trinajstić information content (AvgIpc) is 2.91. The quantitative estimate of drug-likeness (QED) is 0.217. The van der Waals surface area contributed by atoms with E-state index in [-0.39, 0.29) is 12.1 Å². The second kappa shape index (κ2) is 10.8. The van der Waals surface area contributed by atoms with E-state index in [4.69, 9.17) is 4.74 Å². The van der Waals surface area contributed by atoms with E-state index in [0.29, 0.717) is 35.8 Å². The van der Waals surface area contributed by atoms with Crippen LogP contribution in [0.4, 0.5) is 21.9 Å². The molecule has 0 saturated carbocycles. The SMILES string of the molecule is O=C(Nc1ccc(OC2CN(c3cccc(C(=O)NO)c3-c3ccccc3)C2)cc1)Nc1cccnc1. The number of anilines is 3. The Bertz CT molecular complexity index is 1380. The summed E-state index contributed by atoms with van der Waals surface area (Å²) < 4.78 is 6.10. The van der Waals surface area contributed by atoms with Crippen molar-refractivity contribution in [2.75, 3.05) is 28.6 Å². The summed E-state index contributed by atoms with van der Waals surface area (Å²) in [4.78, 5) is 30.6. The van der Waals surface area contributed by atoms with Gasteiger partial charge < -0.3 is 20.3 Å². The van der Waals surface area contributed by atoms with Crippen LogP contribution >= 0.6 is 0 Å². The van der Waals surface area contributed by atoms with E-state index >= 15 is 0 Å². The lowest BCUT2D eigenvalue weighted by Crippen LogP contribution is -2.54. The highest BCUT2D eigenvalue weighted by molar-refractivity contribution is 6.04. The number of hydroxylamine groups is 1. The number of urea groups is 1. The van der Waals surface area contributed by atoms with E-state index in [9.17, 15) is 14.8 Å². The minimum Gasteiger partial charge on any atom is -0.487 e. The van der Waals surface area contributed by atoms with Crippen molar-refractivity contribution < 1.29 is 19.5 Å². The van der Waals surface area contributed by atoms with Crippen molar-refractivity contribution in [3.05, 3.63) is 103 Å². The van der Waals surface area contributed by atoms with Gasteiger partial charge >= 0.3 is 6.03 Å². The molecule has 1 fully saturated rings. The van der Waals surface area contributed by atoms with Crippen LogP contribution in [-0.4, -0.2) is 41.3 Å².